The van der Waals surface area contributed by atoms with Crippen molar-refractivity contribution in [2.24, 2.45) is 0 Å². The van der Waals surface area contributed by atoms with E-state index in [1.54, 1.807) is 6.92 Å². The summed E-state index contributed by atoms with van der Waals surface area (Å²) < 4.78 is 55.3. The highest BCUT2D eigenvalue weighted by Crippen LogP contribution is 2.30. The van der Waals surface area contributed by atoms with Gasteiger partial charge >= 0.3 is 12.5 Å². The molecule has 0 aliphatic heterocycles. The Kier molecular flexibility index (Phi) is 6.19. The van der Waals surface area contributed by atoms with Crippen molar-refractivity contribution in [2.45, 2.75) is 26.0 Å². The van der Waals surface area contributed by atoms with Gasteiger partial charge in [-0.3, -0.25) is 4.79 Å². The van der Waals surface area contributed by atoms with E-state index in [-0.39, 0.29) is 25.3 Å². The first-order chi connectivity index (χ1) is 12.2. The van der Waals surface area contributed by atoms with Gasteiger partial charge in [0.1, 0.15) is 11.6 Å². The van der Waals surface area contributed by atoms with Gasteiger partial charge in [0.05, 0.1) is 30.6 Å². The van der Waals surface area contributed by atoms with E-state index in [1.807, 2.05) is 0 Å². The van der Waals surface area contributed by atoms with Crippen LogP contribution < -0.4 is 4.74 Å². The number of ether oxygens (including phenoxy) is 1. The standard InChI is InChI=1S/C16H17F4N3O3/c1-10-21-8-11(22-10)9-23(6-7-24)14(25)12-4-2-3-5-13(12)26-16(19,20)15(17)18/h2-5,8,15,24H,6-7,9H2,1H3,(H,21,22). The number of halogens is 4. The van der Waals surface area contributed by atoms with Gasteiger partial charge in [-0.05, 0) is 19.1 Å². The molecule has 2 N–H and O–H groups in total. The Balaban J connectivity index is 2.28. The fourth-order valence-corrected chi connectivity index (χ4v) is 2.22. The third-order valence-corrected chi connectivity index (χ3v) is 3.39. The van der Waals surface area contributed by atoms with Crippen LogP contribution in [0, 0.1) is 6.92 Å². The summed E-state index contributed by atoms with van der Waals surface area (Å²) in [7, 11) is 0. The Hall–Kier alpha value is -2.62. The molecule has 1 amide bonds. The van der Waals surface area contributed by atoms with Gasteiger partial charge in [-0.15, -0.1) is 0 Å². The third-order valence-electron chi connectivity index (χ3n) is 3.39. The first kappa shape index (κ1) is 19.7. The number of aromatic nitrogens is 2. The van der Waals surface area contributed by atoms with Crippen molar-refractivity contribution < 1.29 is 32.2 Å². The van der Waals surface area contributed by atoms with E-state index in [4.69, 9.17) is 0 Å². The lowest BCUT2D eigenvalue weighted by Gasteiger charge is -2.24. The summed E-state index contributed by atoms with van der Waals surface area (Å²) >= 11 is 0. The first-order valence-corrected chi connectivity index (χ1v) is 7.59. The van der Waals surface area contributed by atoms with Crippen molar-refractivity contribution in [3.05, 3.63) is 47.5 Å². The molecule has 2 rings (SSSR count). The number of aromatic amines is 1. The number of para-hydroxylation sites is 1. The third kappa shape index (κ3) is 4.72. The number of aryl methyl sites for hydroxylation is 1. The van der Waals surface area contributed by atoms with Crippen LogP contribution in [0.2, 0.25) is 0 Å². The van der Waals surface area contributed by atoms with Crippen LogP contribution in [0.5, 0.6) is 5.75 Å². The lowest BCUT2D eigenvalue weighted by molar-refractivity contribution is -0.253. The van der Waals surface area contributed by atoms with E-state index in [0.29, 0.717) is 11.5 Å². The maximum Gasteiger partial charge on any atom is 0.461 e. The number of carbonyl (C=O) groups is 1. The molecule has 2 aromatic rings. The number of benzene rings is 1. The van der Waals surface area contributed by atoms with E-state index in [1.165, 1.54) is 24.4 Å². The zero-order chi connectivity index (χ0) is 19.3. The number of alkyl halides is 4. The van der Waals surface area contributed by atoms with Crippen LogP contribution in [0.3, 0.4) is 0 Å². The molecule has 142 valence electrons. The highest BCUT2D eigenvalue weighted by atomic mass is 19.3. The van der Waals surface area contributed by atoms with Crippen molar-refractivity contribution in [3.63, 3.8) is 0 Å². The Labute approximate surface area is 146 Å². The SMILES string of the molecule is Cc1ncc(CN(CCO)C(=O)c2ccccc2OC(F)(F)C(F)F)[nH]1. The predicted octanol–water partition coefficient (Wildman–Crippen LogP) is 2.59. The molecule has 0 aliphatic rings. The number of aliphatic hydroxyl groups is 1. The quantitative estimate of drug-likeness (QED) is 0.696. The second kappa shape index (κ2) is 8.17. The summed E-state index contributed by atoms with van der Waals surface area (Å²) in [6, 6.07) is 4.85. The number of carbonyl (C=O) groups excluding carboxylic acids is 1. The summed E-state index contributed by atoms with van der Waals surface area (Å²) in [4.78, 5) is 20.7. The van der Waals surface area contributed by atoms with Gasteiger partial charge in [0.25, 0.3) is 5.91 Å². The number of aliphatic hydroxyl groups excluding tert-OH is 1. The van der Waals surface area contributed by atoms with Crippen molar-refractivity contribution in [1.29, 1.82) is 0 Å². The normalized spacial score (nSPS) is 11.7. The second-order valence-electron chi connectivity index (χ2n) is 5.40. The summed E-state index contributed by atoms with van der Waals surface area (Å²) in [6.45, 7) is 1.24. The van der Waals surface area contributed by atoms with Crippen LogP contribution in [-0.4, -0.2) is 51.6 Å². The topological polar surface area (TPSA) is 78.4 Å². The van der Waals surface area contributed by atoms with E-state index in [9.17, 15) is 27.5 Å². The summed E-state index contributed by atoms with van der Waals surface area (Å²) in [5.74, 6) is -0.824. The molecule has 0 spiro atoms. The molecule has 0 atom stereocenters. The molecule has 0 unspecified atom stereocenters. The van der Waals surface area contributed by atoms with Crippen LogP contribution in [-0.2, 0) is 6.54 Å². The fraction of sp³-hybridized carbons (Fsp3) is 0.375. The molecule has 0 fully saturated rings. The summed E-state index contributed by atoms with van der Waals surface area (Å²) in [6.07, 6.45) is -7.30. The largest absolute Gasteiger partial charge is 0.461 e. The average Bonchev–Trinajstić information content (AvgIpc) is 2.99. The van der Waals surface area contributed by atoms with Crippen LogP contribution in [0.15, 0.2) is 30.5 Å². The highest BCUT2D eigenvalue weighted by Gasteiger charge is 2.44. The van der Waals surface area contributed by atoms with E-state index < -0.39 is 24.2 Å². The molecule has 0 aliphatic carbocycles. The number of nitrogens with one attached hydrogen (secondary N) is 1. The van der Waals surface area contributed by atoms with Crippen molar-refractivity contribution in [3.8, 4) is 5.75 Å². The summed E-state index contributed by atoms with van der Waals surface area (Å²) in [5.41, 5.74) is 0.234. The van der Waals surface area contributed by atoms with Crippen molar-refractivity contribution in [2.75, 3.05) is 13.2 Å². The molecule has 1 aromatic heterocycles. The minimum atomic E-state index is -4.74. The number of rotatable bonds is 8. The Morgan fingerprint density at radius 1 is 1.38 bits per heavy atom. The second-order valence-corrected chi connectivity index (χ2v) is 5.40. The molecule has 0 saturated heterocycles. The maximum atomic E-state index is 13.2. The van der Waals surface area contributed by atoms with Gasteiger partial charge in [0.15, 0.2) is 0 Å². The molecular weight excluding hydrogens is 358 g/mol. The Bertz CT molecular complexity index is 752. The van der Waals surface area contributed by atoms with Gasteiger partial charge < -0.3 is 19.7 Å². The molecule has 0 saturated carbocycles. The summed E-state index contributed by atoms with van der Waals surface area (Å²) in [5, 5.41) is 9.17. The number of hydrogen-bond acceptors (Lipinski definition) is 4. The molecule has 0 bridgehead atoms. The van der Waals surface area contributed by atoms with Crippen molar-refractivity contribution >= 4 is 5.91 Å². The molecule has 1 aromatic carbocycles. The minimum absolute atomic E-state index is 0.0137. The number of amides is 1. The van der Waals surface area contributed by atoms with Gasteiger partial charge in [-0.1, -0.05) is 12.1 Å². The highest BCUT2D eigenvalue weighted by molar-refractivity contribution is 5.96. The number of H-pyrrole nitrogens is 1. The van der Waals surface area contributed by atoms with Crippen molar-refractivity contribution in [1.82, 2.24) is 14.9 Å². The Morgan fingerprint density at radius 3 is 2.65 bits per heavy atom. The van der Waals surface area contributed by atoms with Crippen LogP contribution in [0.4, 0.5) is 17.6 Å². The number of nitrogens with zero attached hydrogens (tertiary/aromatic N) is 2. The Morgan fingerprint density at radius 2 is 2.08 bits per heavy atom. The number of hydrogen-bond donors (Lipinski definition) is 2. The zero-order valence-electron chi connectivity index (χ0n) is 13.8. The molecule has 26 heavy (non-hydrogen) atoms. The average molecular weight is 375 g/mol. The predicted molar refractivity (Wildman–Crippen MR) is 83.2 cm³/mol. The van der Waals surface area contributed by atoms with Crippen LogP contribution in [0.1, 0.15) is 21.9 Å². The number of imidazole rings is 1. The van der Waals surface area contributed by atoms with E-state index in [0.717, 1.165) is 11.0 Å². The maximum absolute atomic E-state index is 13.2. The smallest absolute Gasteiger partial charge is 0.427 e. The van der Waals surface area contributed by atoms with E-state index >= 15 is 0 Å². The fourth-order valence-electron chi connectivity index (χ4n) is 2.22. The lowest BCUT2D eigenvalue weighted by Crippen LogP contribution is -2.36. The van der Waals surface area contributed by atoms with Crippen LogP contribution in [0.25, 0.3) is 0 Å². The van der Waals surface area contributed by atoms with Gasteiger partial charge in [0, 0.05) is 6.54 Å². The van der Waals surface area contributed by atoms with Gasteiger partial charge in [-0.2, -0.15) is 17.6 Å². The lowest BCUT2D eigenvalue weighted by atomic mass is 10.1. The van der Waals surface area contributed by atoms with Crippen LogP contribution >= 0.6 is 0 Å². The van der Waals surface area contributed by atoms with Gasteiger partial charge in [-0.25, -0.2) is 4.98 Å². The molecular formula is C16H17F4N3O3. The van der Waals surface area contributed by atoms with Gasteiger partial charge in [0.2, 0.25) is 0 Å². The zero-order valence-corrected chi connectivity index (χ0v) is 13.8. The first-order valence-electron chi connectivity index (χ1n) is 7.59. The molecule has 10 heteroatoms. The molecule has 6 nitrogen and oxygen atoms in total. The molecule has 1 heterocycles. The minimum Gasteiger partial charge on any atom is -0.427 e. The molecule has 0 radical (unpaired) electrons. The van der Waals surface area contributed by atoms with E-state index in [2.05, 4.69) is 14.7 Å². The monoisotopic (exact) mass is 375 g/mol.